The third kappa shape index (κ3) is 2.94. The van der Waals surface area contributed by atoms with E-state index in [9.17, 15) is 4.79 Å². The van der Waals surface area contributed by atoms with Crippen LogP contribution in [0.3, 0.4) is 0 Å². The first kappa shape index (κ1) is 12.5. The second kappa shape index (κ2) is 5.50. The molecule has 1 fully saturated rings. The summed E-state index contributed by atoms with van der Waals surface area (Å²) in [5.74, 6) is 0.355. The molecule has 1 N–H and O–H groups in total. The van der Waals surface area contributed by atoms with E-state index in [0.29, 0.717) is 5.91 Å². The second-order valence-corrected chi connectivity index (χ2v) is 4.70. The zero-order chi connectivity index (χ0) is 11.3. The SMILES string of the molecule is CCCN(CC)C(=O)C1(C)CCNCC1. The zero-order valence-electron chi connectivity index (χ0n) is 10.3. The van der Waals surface area contributed by atoms with Crippen molar-refractivity contribution in [1.82, 2.24) is 10.2 Å². The quantitative estimate of drug-likeness (QED) is 0.768. The Balaban J connectivity index is 2.62. The van der Waals surface area contributed by atoms with E-state index in [-0.39, 0.29) is 5.41 Å². The molecule has 0 aromatic heterocycles. The number of hydrogen-bond donors (Lipinski definition) is 1. The van der Waals surface area contributed by atoms with E-state index in [2.05, 4.69) is 26.1 Å². The maximum absolute atomic E-state index is 12.3. The van der Waals surface area contributed by atoms with Crippen molar-refractivity contribution in [2.24, 2.45) is 5.41 Å². The number of amides is 1. The molecule has 88 valence electrons. The number of carbonyl (C=O) groups is 1. The Morgan fingerprint density at radius 3 is 2.40 bits per heavy atom. The summed E-state index contributed by atoms with van der Waals surface area (Å²) < 4.78 is 0. The third-order valence-corrected chi connectivity index (χ3v) is 3.39. The number of rotatable bonds is 4. The van der Waals surface area contributed by atoms with Gasteiger partial charge in [0.25, 0.3) is 0 Å². The van der Waals surface area contributed by atoms with E-state index in [1.807, 2.05) is 4.90 Å². The number of nitrogens with zero attached hydrogens (tertiary/aromatic N) is 1. The molecule has 0 bridgehead atoms. The fourth-order valence-corrected chi connectivity index (χ4v) is 2.25. The van der Waals surface area contributed by atoms with Crippen LogP contribution in [-0.2, 0) is 4.79 Å². The van der Waals surface area contributed by atoms with Gasteiger partial charge in [0.2, 0.25) is 5.91 Å². The summed E-state index contributed by atoms with van der Waals surface area (Å²) in [5.41, 5.74) is -0.115. The number of hydrogen-bond acceptors (Lipinski definition) is 2. The first-order valence-electron chi connectivity index (χ1n) is 6.14. The van der Waals surface area contributed by atoms with E-state index in [1.165, 1.54) is 0 Å². The van der Waals surface area contributed by atoms with Crippen LogP contribution in [0.25, 0.3) is 0 Å². The van der Waals surface area contributed by atoms with Gasteiger partial charge in [-0.3, -0.25) is 4.79 Å². The van der Waals surface area contributed by atoms with Crippen LogP contribution >= 0.6 is 0 Å². The van der Waals surface area contributed by atoms with Crippen molar-refractivity contribution in [3.05, 3.63) is 0 Å². The van der Waals surface area contributed by atoms with E-state index >= 15 is 0 Å². The summed E-state index contributed by atoms with van der Waals surface area (Å²) in [6.07, 6.45) is 3.01. The lowest BCUT2D eigenvalue weighted by Gasteiger charge is -2.37. The van der Waals surface area contributed by atoms with Crippen LogP contribution in [0.2, 0.25) is 0 Å². The molecule has 0 aromatic carbocycles. The van der Waals surface area contributed by atoms with Crippen molar-refractivity contribution in [1.29, 1.82) is 0 Å². The Hall–Kier alpha value is -0.570. The van der Waals surface area contributed by atoms with Gasteiger partial charge in [0.05, 0.1) is 0 Å². The summed E-state index contributed by atoms with van der Waals surface area (Å²) in [6, 6.07) is 0. The summed E-state index contributed by atoms with van der Waals surface area (Å²) in [4.78, 5) is 14.3. The van der Waals surface area contributed by atoms with Gasteiger partial charge >= 0.3 is 0 Å². The highest BCUT2D eigenvalue weighted by Gasteiger charge is 2.36. The Labute approximate surface area is 93.2 Å². The second-order valence-electron chi connectivity index (χ2n) is 4.70. The van der Waals surface area contributed by atoms with Gasteiger partial charge in [-0.25, -0.2) is 0 Å². The normalized spacial score (nSPS) is 19.9. The van der Waals surface area contributed by atoms with Gasteiger partial charge in [0, 0.05) is 18.5 Å². The van der Waals surface area contributed by atoms with Gasteiger partial charge in [-0.1, -0.05) is 13.8 Å². The standard InChI is InChI=1S/C12H24N2O/c1-4-10-14(5-2)11(15)12(3)6-8-13-9-7-12/h13H,4-10H2,1-3H3. The average molecular weight is 212 g/mol. The summed E-state index contributed by atoms with van der Waals surface area (Å²) in [7, 11) is 0. The summed E-state index contributed by atoms with van der Waals surface area (Å²) in [6.45, 7) is 10.0. The molecule has 0 aromatic rings. The monoisotopic (exact) mass is 212 g/mol. The molecule has 3 heteroatoms. The predicted octanol–water partition coefficient (Wildman–Crippen LogP) is 1.63. The van der Waals surface area contributed by atoms with Crippen molar-refractivity contribution >= 4 is 5.91 Å². The van der Waals surface area contributed by atoms with Crippen LogP contribution in [-0.4, -0.2) is 37.0 Å². The van der Waals surface area contributed by atoms with Gasteiger partial charge in [0.1, 0.15) is 0 Å². The molecule has 3 nitrogen and oxygen atoms in total. The largest absolute Gasteiger partial charge is 0.343 e. The molecule has 1 saturated heterocycles. The van der Waals surface area contributed by atoms with Gasteiger partial charge in [-0.2, -0.15) is 0 Å². The van der Waals surface area contributed by atoms with Crippen molar-refractivity contribution < 1.29 is 4.79 Å². The molecule has 1 aliphatic rings. The Kier molecular flexibility index (Phi) is 4.58. The van der Waals surface area contributed by atoms with E-state index in [1.54, 1.807) is 0 Å². The first-order valence-corrected chi connectivity index (χ1v) is 6.14. The number of piperidine rings is 1. The Morgan fingerprint density at radius 2 is 1.93 bits per heavy atom. The fourth-order valence-electron chi connectivity index (χ4n) is 2.25. The minimum absolute atomic E-state index is 0.115. The number of carbonyl (C=O) groups excluding carboxylic acids is 1. The van der Waals surface area contributed by atoms with Crippen LogP contribution in [0.5, 0.6) is 0 Å². The van der Waals surface area contributed by atoms with Crippen molar-refractivity contribution in [2.45, 2.75) is 40.0 Å². The zero-order valence-corrected chi connectivity index (χ0v) is 10.3. The highest BCUT2D eigenvalue weighted by atomic mass is 16.2. The molecule has 0 atom stereocenters. The van der Waals surface area contributed by atoms with Crippen LogP contribution in [0.4, 0.5) is 0 Å². The van der Waals surface area contributed by atoms with Gasteiger partial charge < -0.3 is 10.2 Å². The fraction of sp³-hybridized carbons (Fsp3) is 0.917. The minimum atomic E-state index is -0.115. The highest BCUT2D eigenvalue weighted by Crippen LogP contribution is 2.30. The van der Waals surface area contributed by atoms with Gasteiger partial charge in [-0.05, 0) is 39.3 Å². The molecule has 0 spiro atoms. The molecular weight excluding hydrogens is 188 g/mol. The van der Waals surface area contributed by atoms with E-state index in [0.717, 1.165) is 45.4 Å². The van der Waals surface area contributed by atoms with Gasteiger partial charge in [-0.15, -0.1) is 0 Å². The van der Waals surface area contributed by atoms with Crippen molar-refractivity contribution in [3.63, 3.8) is 0 Å². The van der Waals surface area contributed by atoms with Crippen LogP contribution in [0.1, 0.15) is 40.0 Å². The first-order chi connectivity index (χ1) is 7.14. The molecule has 0 saturated carbocycles. The Morgan fingerprint density at radius 1 is 1.33 bits per heavy atom. The van der Waals surface area contributed by atoms with Crippen molar-refractivity contribution in [2.75, 3.05) is 26.2 Å². The van der Waals surface area contributed by atoms with E-state index < -0.39 is 0 Å². The van der Waals surface area contributed by atoms with Crippen LogP contribution < -0.4 is 5.32 Å². The van der Waals surface area contributed by atoms with Gasteiger partial charge in [0.15, 0.2) is 0 Å². The predicted molar refractivity (Wildman–Crippen MR) is 62.8 cm³/mol. The van der Waals surface area contributed by atoms with Crippen LogP contribution in [0, 0.1) is 5.41 Å². The van der Waals surface area contributed by atoms with Crippen LogP contribution in [0.15, 0.2) is 0 Å². The maximum Gasteiger partial charge on any atom is 0.228 e. The third-order valence-electron chi connectivity index (χ3n) is 3.39. The molecule has 1 amide bonds. The van der Waals surface area contributed by atoms with E-state index in [4.69, 9.17) is 0 Å². The van der Waals surface area contributed by atoms with Crippen molar-refractivity contribution in [3.8, 4) is 0 Å². The maximum atomic E-state index is 12.3. The Bertz CT molecular complexity index is 210. The minimum Gasteiger partial charge on any atom is -0.343 e. The molecule has 1 heterocycles. The molecular formula is C12H24N2O. The molecule has 1 rings (SSSR count). The smallest absolute Gasteiger partial charge is 0.228 e. The molecule has 1 aliphatic heterocycles. The lowest BCUT2D eigenvalue weighted by atomic mass is 9.79. The molecule has 15 heavy (non-hydrogen) atoms. The molecule has 0 aliphatic carbocycles. The molecule has 0 radical (unpaired) electrons. The number of nitrogens with one attached hydrogen (secondary N) is 1. The summed E-state index contributed by atoms with van der Waals surface area (Å²) >= 11 is 0. The topological polar surface area (TPSA) is 32.3 Å². The average Bonchev–Trinajstić information content (AvgIpc) is 2.26. The lowest BCUT2D eigenvalue weighted by molar-refractivity contribution is -0.142. The summed E-state index contributed by atoms with van der Waals surface area (Å²) in [5, 5.41) is 3.31. The highest BCUT2D eigenvalue weighted by molar-refractivity contribution is 5.82. The molecule has 0 unspecified atom stereocenters. The lowest BCUT2D eigenvalue weighted by Crippen LogP contribution is -2.47.